The molecule has 1 saturated heterocycles. The molecule has 138 valence electrons. The number of hydrogen-bond acceptors (Lipinski definition) is 5. The molecule has 0 atom stereocenters. The Balaban J connectivity index is 1.93. The van der Waals surface area contributed by atoms with E-state index in [4.69, 9.17) is 9.47 Å². The van der Waals surface area contributed by atoms with Gasteiger partial charge in [0.25, 0.3) is 0 Å². The average molecular weight is 348 g/mol. The summed E-state index contributed by atoms with van der Waals surface area (Å²) in [6.45, 7) is 8.55. The van der Waals surface area contributed by atoms with Crippen molar-refractivity contribution in [2.75, 3.05) is 39.8 Å². The van der Waals surface area contributed by atoms with Crippen LogP contribution in [0.25, 0.3) is 0 Å². The lowest BCUT2D eigenvalue weighted by Crippen LogP contribution is -2.39. The molecule has 0 spiro atoms. The van der Waals surface area contributed by atoms with Gasteiger partial charge in [0.15, 0.2) is 5.78 Å². The van der Waals surface area contributed by atoms with E-state index in [2.05, 4.69) is 4.90 Å². The number of hydrogen-bond donors (Lipinski definition) is 0. The number of Topliss-reactive ketones (excluding diaryl/α,β-unsaturated/α-hetero) is 1. The van der Waals surface area contributed by atoms with Crippen molar-refractivity contribution >= 4 is 11.9 Å². The molecule has 0 unspecified atom stereocenters. The van der Waals surface area contributed by atoms with Crippen LogP contribution in [0.5, 0.6) is 5.75 Å². The second-order valence-electron chi connectivity index (χ2n) is 7.22. The number of benzene rings is 1. The minimum atomic E-state index is -0.497. The van der Waals surface area contributed by atoms with Crippen molar-refractivity contribution < 1.29 is 19.1 Å². The third-order valence-corrected chi connectivity index (χ3v) is 4.01. The molecule has 6 nitrogen and oxygen atoms in total. The van der Waals surface area contributed by atoms with Gasteiger partial charge in [-0.05, 0) is 39.3 Å². The summed E-state index contributed by atoms with van der Waals surface area (Å²) in [5, 5.41) is 0. The molecular weight excluding hydrogens is 320 g/mol. The van der Waals surface area contributed by atoms with Gasteiger partial charge in [-0.1, -0.05) is 12.1 Å². The molecule has 0 aliphatic carbocycles. The van der Waals surface area contributed by atoms with Crippen molar-refractivity contribution in [1.29, 1.82) is 0 Å². The number of nitrogens with zero attached hydrogens (tertiary/aromatic N) is 2. The van der Waals surface area contributed by atoms with Crippen LogP contribution >= 0.6 is 0 Å². The topological polar surface area (TPSA) is 59.1 Å². The number of carbonyl (C=O) groups excluding carboxylic acids is 2. The van der Waals surface area contributed by atoms with Crippen molar-refractivity contribution in [3.8, 4) is 5.75 Å². The van der Waals surface area contributed by atoms with Crippen molar-refractivity contribution in [2.24, 2.45) is 0 Å². The monoisotopic (exact) mass is 348 g/mol. The van der Waals surface area contributed by atoms with E-state index in [-0.39, 0.29) is 11.9 Å². The molecule has 6 heteroatoms. The lowest BCUT2D eigenvalue weighted by molar-refractivity contribution is 0.0258. The van der Waals surface area contributed by atoms with E-state index < -0.39 is 5.60 Å². The highest BCUT2D eigenvalue weighted by Crippen LogP contribution is 2.19. The zero-order valence-electron chi connectivity index (χ0n) is 15.6. The molecule has 0 aromatic heterocycles. The van der Waals surface area contributed by atoms with Gasteiger partial charge in [0.05, 0.1) is 19.2 Å². The Morgan fingerprint density at radius 3 is 2.48 bits per heavy atom. The lowest BCUT2D eigenvalue weighted by Gasteiger charge is -2.26. The first-order valence-electron chi connectivity index (χ1n) is 8.66. The second kappa shape index (κ2) is 8.34. The smallest absolute Gasteiger partial charge is 0.410 e. The van der Waals surface area contributed by atoms with Gasteiger partial charge in [0, 0.05) is 26.2 Å². The summed E-state index contributed by atoms with van der Waals surface area (Å²) < 4.78 is 10.7. The fourth-order valence-electron chi connectivity index (χ4n) is 2.80. The van der Waals surface area contributed by atoms with E-state index in [1.165, 1.54) is 0 Å². The maximum absolute atomic E-state index is 12.6. The van der Waals surface area contributed by atoms with Crippen molar-refractivity contribution in [1.82, 2.24) is 9.80 Å². The van der Waals surface area contributed by atoms with Crippen LogP contribution in [0.15, 0.2) is 24.3 Å². The highest BCUT2D eigenvalue weighted by molar-refractivity contribution is 6.00. The van der Waals surface area contributed by atoms with Gasteiger partial charge in [-0.3, -0.25) is 9.69 Å². The van der Waals surface area contributed by atoms with Gasteiger partial charge in [0.1, 0.15) is 11.4 Å². The Morgan fingerprint density at radius 2 is 1.80 bits per heavy atom. The first-order chi connectivity index (χ1) is 11.8. The molecule has 1 aromatic carbocycles. The van der Waals surface area contributed by atoms with Crippen LogP contribution in [-0.2, 0) is 4.74 Å². The van der Waals surface area contributed by atoms with Gasteiger partial charge in [-0.25, -0.2) is 4.79 Å². The van der Waals surface area contributed by atoms with Gasteiger partial charge < -0.3 is 14.4 Å². The summed E-state index contributed by atoms with van der Waals surface area (Å²) in [6.07, 6.45) is 0.531. The molecule has 25 heavy (non-hydrogen) atoms. The van der Waals surface area contributed by atoms with Crippen LogP contribution in [0.3, 0.4) is 0 Å². The van der Waals surface area contributed by atoms with Crippen molar-refractivity contribution in [3.05, 3.63) is 29.8 Å². The summed E-state index contributed by atoms with van der Waals surface area (Å²) in [5.41, 5.74) is 0.0985. The average Bonchev–Trinajstić information content (AvgIpc) is 2.79. The standard InChI is InChI=1S/C19H28N2O4/c1-19(2,3)25-18(23)21-11-7-10-20(12-13-21)14-16(22)15-8-5-6-9-17(15)24-4/h5-6,8-9H,7,10-14H2,1-4H3. The Bertz CT molecular complexity index is 610. The summed E-state index contributed by atoms with van der Waals surface area (Å²) in [6, 6.07) is 7.26. The number of para-hydroxylation sites is 1. The molecular formula is C19H28N2O4. The highest BCUT2D eigenvalue weighted by Gasteiger charge is 2.25. The van der Waals surface area contributed by atoms with Crippen molar-refractivity contribution in [3.63, 3.8) is 0 Å². The summed E-state index contributed by atoms with van der Waals surface area (Å²) in [5.74, 6) is 0.626. The van der Waals surface area contributed by atoms with Crippen LogP contribution in [0.2, 0.25) is 0 Å². The summed E-state index contributed by atoms with van der Waals surface area (Å²) in [4.78, 5) is 28.6. The van der Waals surface area contributed by atoms with E-state index in [0.29, 0.717) is 37.5 Å². The van der Waals surface area contributed by atoms with Crippen molar-refractivity contribution in [2.45, 2.75) is 32.8 Å². The number of methoxy groups -OCH3 is 1. The quantitative estimate of drug-likeness (QED) is 0.783. The molecule has 1 fully saturated rings. The molecule has 1 aromatic rings. The normalized spacial score (nSPS) is 16.2. The molecule has 0 saturated carbocycles. The number of rotatable bonds is 4. The highest BCUT2D eigenvalue weighted by atomic mass is 16.6. The zero-order valence-corrected chi connectivity index (χ0v) is 15.6. The van der Waals surface area contributed by atoms with Gasteiger partial charge in [-0.15, -0.1) is 0 Å². The van der Waals surface area contributed by atoms with Gasteiger partial charge in [-0.2, -0.15) is 0 Å². The third-order valence-electron chi connectivity index (χ3n) is 4.01. The van der Waals surface area contributed by atoms with Crippen LogP contribution in [0.4, 0.5) is 4.79 Å². The first-order valence-corrected chi connectivity index (χ1v) is 8.66. The van der Waals surface area contributed by atoms with Crippen LogP contribution < -0.4 is 4.74 Å². The molecule has 0 bridgehead atoms. The third kappa shape index (κ3) is 5.74. The Labute approximate surface area is 149 Å². The van der Waals surface area contributed by atoms with E-state index in [1.807, 2.05) is 32.9 Å². The molecule has 1 aliphatic rings. The SMILES string of the molecule is COc1ccccc1C(=O)CN1CCCN(C(=O)OC(C)(C)C)CC1. The maximum Gasteiger partial charge on any atom is 0.410 e. The molecule has 0 radical (unpaired) electrons. The predicted molar refractivity (Wildman–Crippen MR) is 96.2 cm³/mol. The van der Waals surface area contributed by atoms with E-state index in [1.54, 1.807) is 24.1 Å². The maximum atomic E-state index is 12.6. The van der Waals surface area contributed by atoms with E-state index >= 15 is 0 Å². The minimum absolute atomic E-state index is 0.0307. The number of amides is 1. The number of ketones is 1. The fourth-order valence-corrected chi connectivity index (χ4v) is 2.80. The van der Waals surface area contributed by atoms with Crippen LogP contribution in [0, 0.1) is 0 Å². The molecule has 2 rings (SSSR count). The Hall–Kier alpha value is -2.08. The van der Waals surface area contributed by atoms with E-state index in [9.17, 15) is 9.59 Å². The summed E-state index contributed by atoms with van der Waals surface area (Å²) >= 11 is 0. The zero-order chi connectivity index (χ0) is 18.4. The van der Waals surface area contributed by atoms with Crippen LogP contribution in [-0.4, -0.2) is 67.1 Å². The van der Waals surface area contributed by atoms with Gasteiger partial charge in [0.2, 0.25) is 0 Å². The largest absolute Gasteiger partial charge is 0.496 e. The number of carbonyl (C=O) groups is 2. The molecule has 1 amide bonds. The predicted octanol–water partition coefficient (Wildman–Crippen LogP) is 2.82. The second-order valence-corrected chi connectivity index (χ2v) is 7.22. The van der Waals surface area contributed by atoms with Crippen LogP contribution in [0.1, 0.15) is 37.6 Å². The fraction of sp³-hybridized carbons (Fsp3) is 0.579. The Kier molecular flexibility index (Phi) is 6.42. The molecule has 0 N–H and O–H groups in total. The van der Waals surface area contributed by atoms with E-state index in [0.717, 1.165) is 13.0 Å². The minimum Gasteiger partial charge on any atom is -0.496 e. The van der Waals surface area contributed by atoms with Gasteiger partial charge >= 0.3 is 6.09 Å². The molecule has 1 heterocycles. The Morgan fingerprint density at radius 1 is 1.08 bits per heavy atom. The summed E-state index contributed by atoms with van der Waals surface area (Å²) in [7, 11) is 1.57. The number of ether oxygens (including phenoxy) is 2. The molecule has 1 aliphatic heterocycles. The lowest BCUT2D eigenvalue weighted by atomic mass is 10.1. The first kappa shape index (κ1) is 19.2.